The van der Waals surface area contributed by atoms with Gasteiger partial charge in [-0.3, -0.25) is 4.57 Å². The number of para-hydroxylation sites is 6. The zero-order chi connectivity index (χ0) is 84.2. The van der Waals surface area contributed by atoms with Gasteiger partial charge < -0.3 is 9.13 Å². The number of rotatable bonds is 10. The summed E-state index contributed by atoms with van der Waals surface area (Å²) >= 11 is 1.88. The van der Waals surface area contributed by atoms with Crippen LogP contribution in [0, 0.1) is 0 Å². The smallest absolute Gasteiger partial charge is 0.235 e. The van der Waals surface area contributed by atoms with Crippen molar-refractivity contribution in [2.45, 2.75) is 19.3 Å². The van der Waals surface area contributed by atoms with Crippen molar-refractivity contribution in [1.29, 1.82) is 0 Å². The Labute approximate surface area is 738 Å². The van der Waals surface area contributed by atoms with Crippen molar-refractivity contribution in [3.63, 3.8) is 0 Å². The summed E-state index contributed by atoms with van der Waals surface area (Å²) in [4.78, 5) is 19.8. The SMILES string of the molecule is CC1(C)c2ccccc2-c2ccc(-c3ccc4sc5ccc(-n6c7ccccc7c7ccccc76)cc5c4c3)cc21.c1cc(-c2ccc3c4ccccc4c4ccccc4c3c2)cc(-c2ccnc(-n3c4ccccc4c4ccccc43)n2)c1.c1ccc(-c2cc(-c3ccccc3)nc(-c3ccc(-c4ccc(-n5c6ccccc6c6ccccc65)cc4)cc3)n2)cc1. The summed E-state index contributed by atoms with van der Waals surface area (Å²) in [6.45, 7) is 4.71. The van der Waals surface area contributed by atoms with E-state index in [-0.39, 0.29) is 5.41 Å². The predicted octanol–water partition coefficient (Wildman–Crippen LogP) is 31.7. The number of hydrogen-bond donors (Lipinski definition) is 0. The van der Waals surface area contributed by atoms with Crippen molar-refractivity contribution in [2.24, 2.45) is 0 Å². The molecule has 25 aromatic rings. The van der Waals surface area contributed by atoms with E-state index in [1.54, 1.807) is 0 Å². The van der Waals surface area contributed by atoms with Gasteiger partial charge in [0, 0.05) is 97.7 Å². The molecule has 6 aromatic heterocycles. The van der Waals surface area contributed by atoms with E-state index in [4.69, 9.17) is 19.9 Å². The molecule has 6 heterocycles. The molecular formula is C119H79N7S. The highest BCUT2D eigenvalue weighted by Gasteiger charge is 2.35. The molecule has 1 aliphatic rings. The summed E-state index contributed by atoms with van der Waals surface area (Å²) in [5.74, 6) is 1.39. The fourth-order valence-corrected chi connectivity index (χ4v) is 20.8. The van der Waals surface area contributed by atoms with E-state index in [9.17, 15) is 0 Å². The average Bonchev–Trinajstić information content (AvgIpc) is 1.61. The van der Waals surface area contributed by atoms with Crippen LogP contribution in [0.5, 0.6) is 0 Å². The lowest BCUT2D eigenvalue weighted by molar-refractivity contribution is 0.660. The van der Waals surface area contributed by atoms with E-state index in [1.165, 1.54) is 157 Å². The van der Waals surface area contributed by atoms with Crippen molar-refractivity contribution < 1.29 is 0 Å². The highest BCUT2D eigenvalue weighted by molar-refractivity contribution is 7.25. The van der Waals surface area contributed by atoms with Crippen molar-refractivity contribution in [2.75, 3.05) is 0 Å². The number of aromatic nitrogens is 7. The average molecular weight is 1640 g/mol. The van der Waals surface area contributed by atoms with Crippen LogP contribution < -0.4 is 0 Å². The van der Waals surface area contributed by atoms with E-state index in [2.05, 4.69) is 422 Å². The van der Waals surface area contributed by atoms with Crippen LogP contribution in [0.1, 0.15) is 25.0 Å². The first-order chi connectivity index (χ1) is 62.7. The lowest BCUT2D eigenvalue weighted by Crippen LogP contribution is -2.14. The Morgan fingerprint density at radius 3 is 1.13 bits per heavy atom. The minimum Gasteiger partial charge on any atom is -0.309 e. The highest BCUT2D eigenvalue weighted by atomic mass is 32.1. The molecule has 7 nitrogen and oxygen atoms in total. The van der Waals surface area contributed by atoms with Gasteiger partial charge in [-0.05, 0) is 197 Å². The number of fused-ring (bicyclic) bond motifs is 21. The quantitative estimate of drug-likeness (QED) is 0.128. The maximum Gasteiger partial charge on any atom is 0.235 e. The third-order valence-electron chi connectivity index (χ3n) is 25.9. The summed E-state index contributed by atoms with van der Waals surface area (Å²) in [6.07, 6.45) is 1.86. The largest absolute Gasteiger partial charge is 0.309 e. The molecule has 0 aliphatic heterocycles. The van der Waals surface area contributed by atoms with Crippen LogP contribution in [0.3, 0.4) is 0 Å². The molecule has 19 aromatic carbocycles. The van der Waals surface area contributed by atoms with Gasteiger partial charge in [0.1, 0.15) is 0 Å². The molecule has 0 atom stereocenters. The first-order valence-corrected chi connectivity index (χ1v) is 44.2. The van der Waals surface area contributed by atoms with Crippen LogP contribution in [0.2, 0.25) is 0 Å². The molecule has 0 saturated heterocycles. The van der Waals surface area contributed by atoms with Crippen molar-refractivity contribution in [1.82, 2.24) is 33.6 Å². The topological polar surface area (TPSA) is 66.3 Å². The van der Waals surface area contributed by atoms with Gasteiger partial charge in [0.05, 0.1) is 50.2 Å². The molecule has 596 valence electrons. The number of benzene rings is 19. The summed E-state index contributed by atoms with van der Waals surface area (Å²) in [5, 5.41) is 17.9. The van der Waals surface area contributed by atoms with Crippen LogP contribution in [0.25, 0.3) is 225 Å². The summed E-state index contributed by atoms with van der Waals surface area (Å²) in [7, 11) is 0. The fourth-order valence-electron chi connectivity index (χ4n) is 19.8. The van der Waals surface area contributed by atoms with Gasteiger partial charge in [-0.1, -0.05) is 341 Å². The fraction of sp³-hybridized carbons (Fsp3) is 0.0252. The van der Waals surface area contributed by atoms with Crippen molar-refractivity contribution in [3.8, 4) is 107 Å². The summed E-state index contributed by atoms with van der Waals surface area (Å²) in [5.41, 5.74) is 29.2. The first kappa shape index (κ1) is 74.6. The van der Waals surface area contributed by atoms with Crippen molar-refractivity contribution in [3.05, 3.63) is 454 Å². The molecule has 0 bridgehead atoms. The monoisotopic (exact) mass is 1640 g/mol. The Hall–Kier alpha value is -16.3. The second kappa shape index (κ2) is 30.7. The van der Waals surface area contributed by atoms with Gasteiger partial charge >= 0.3 is 0 Å². The van der Waals surface area contributed by atoms with Crippen LogP contribution in [0.4, 0.5) is 0 Å². The van der Waals surface area contributed by atoms with Gasteiger partial charge in [-0.25, -0.2) is 19.9 Å². The zero-order valence-electron chi connectivity index (χ0n) is 69.7. The second-order valence-corrected chi connectivity index (χ2v) is 34.6. The standard InChI is InChI=1S/C40H25N3.C40H27N3.C39H27NS/c1-2-14-31-29(12-1)30-13-3-4-15-32(30)36-25-27(20-21-33(31)36)26-10-9-11-28(24-26)37-22-23-41-40(42-37)43-38-18-7-5-16-34(38)35-17-6-8-19-39(35)43;1-3-11-30(12-4-1)36-27-37(31-13-5-2-6-14-31)42-40(41-36)32-21-19-28(20-22-32)29-23-25-33(26-24-29)43-38-17-9-7-15-34(38)35-16-8-10-18-39(35)43;1-39(2)33-12-6-3-9-27(33)28-18-15-25(22-34(28)39)24-16-19-37-31(21-24)32-23-26(17-20-38(32)41-37)40-35-13-7-4-10-29(35)30-11-5-8-14-36(30)40/h1-25H;1-27H;3-23H,1-2H3. The van der Waals surface area contributed by atoms with E-state index < -0.39 is 0 Å². The van der Waals surface area contributed by atoms with Gasteiger partial charge in [-0.2, -0.15) is 0 Å². The number of hydrogen-bond acceptors (Lipinski definition) is 5. The van der Waals surface area contributed by atoms with E-state index in [0.29, 0.717) is 11.8 Å². The molecule has 1 aliphatic carbocycles. The molecule has 0 unspecified atom stereocenters. The Balaban J connectivity index is 0.000000106. The molecule has 8 heteroatoms. The van der Waals surface area contributed by atoms with Crippen molar-refractivity contribution >= 4 is 129 Å². The van der Waals surface area contributed by atoms with Gasteiger partial charge in [-0.15, -0.1) is 11.3 Å². The number of nitrogens with zero attached hydrogens (tertiary/aromatic N) is 7. The lowest BCUT2D eigenvalue weighted by atomic mass is 9.81. The zero-order valence-corrected chi connectivity index (χ0v) is 70.5. The van der Waals surface area contributed by atoms with E-state index in [1.807, 2.05) is 60.0 Å². The minimum atomic E-state index is -0.00166. The van der Waals surface area contributed by atoms with Gasteiger partial charge in [0.25, 0.3) is 0 Å². The molecule has 0 fully saturated rings. The Kier molecular flexibility index (Phi) is 18.0. The third kappa shape index (κ3) is 12.9. The lowest BCUT2D eigenvalue weighted by Gasteiger charge is -2.22. The molecule has 0 saturated carbocycles. The molecule has 0 N–H and O–H groups in total. The van der Waals surface area contributed by atoms with Gasteiger partial charge in [0.15, 0.2) is 5.82 Å². The second-order valence-electron chi connectivity index (χ2n) is 33.5. The molecule has 26 rings (SSSR count). The van der Waals surface area contributed by atoms with Crippen LogP contribution in [-0.2, 0) is 5.41 Å². The van der Waals surface area contributed by atoms with E-state index in [0.717, 1.165) is 67.2 Å². The minimum absolute atomic E-state index is 0.00166. The Morgan fingerprint density at radius 1 is 0.213 bits per heavy atom. The summed E-state index contributed by atoms with van der Waals surface area (Å²) < 4.78 is 9.58. The molecule has 0 radical (unpaired) electrons. The van der Waals surface area contributed by atoms with Crippen LogP contribution in [-0.4, -0.2) is 33.6 Å². The maximum atomic E-state index is 5.10. The van der Waals surface area contributed by atoms with Crippen LogP contribution >= 0.6 is 11.3 Å². The third-order valence-corrected chi connectivity index (χ3v) is 27.1. The maximum absolute atomic E-state index is 5.10. The van der Waals surface area contributed by atoms with Gasteiger partial charge in [0.2, 0.25) is 5.95 Å². The Bertz CT molecular complexity index is 8420. The highest BCUT2D eigenvalue weighted by Crippen LogP contribution is 2.51. The molecule has 0 amide bonds. The number of thiophene rings is 1. The molecular weight excluding hydrogens is 1560 g/mol. The first-order valence-electron chi connectivity index (χ1n) is 43.4. The Morgan fingerprint density at radius 2 is 0.583 bits per heavy atom. The molecule has 0 spiro atoms. The molecule has 127 heavy (non-hydrogen) atoms. The normalized spacial score (nSPS) is 12.2. The van der Waals surface area contributed by atoms with E-state index >= 15 is 0 Å². The summed E-state index contributed by atoms with van der Waals surface area (Å²) in [6, 6.07) is 156. The predicted molar refractivity (Wildman–Crippen MR) is 535 cm³/mol. The van der Waals surface area contributed by atoms with Crippen LogP contribution in [0.15, 0.2) is 443 Å².